The standard InChI is InChI=1S/C10H5BrN2O2S/c11-7-1-2-8(16-7)13-4-6-5(10(13)15)3-12-9(6)14/h1-3H,4H2. The fourth-order valence-corrected chi connectivity index (χ4v) is 3.09. The van der Waals surface area contributed by atoms with Gasteiger partial charge in [-0.05, 0) is 28.1 Å². The summed E-state index contributed by atoms with van der Waals surface area (Å²) in [7, 11) is 0. The van der Waals surface area contributed by atoms with Crippen LogP contribution in [0.25, 0.3) is 0 Å². The van der Waals surface area contributed by atoms with Crippen LogP contribution in [-0.4, -0.2) is 24.6 Å². The number of hydrogen-bond donors (Lipinski definition) is 0. The number of nitrogens with zero attached hydrogens (tertiary/aromatic N) is 2. The Labute approximate surface area is 103 Å². The highest BCUT2D eigenvalue weighted by Crippen LogP contribution is 2.34. The van der Waals surface area contributed by atoms with Gasteiger partial charge in [-0.2, -0.15) is 0 Å². The van der Waals surface area contributed by atoms with Crippen molar-refractivity contribution in [3.63, 3.8) is 0 Å². The molecule has 0 aliphatic carbocycles. The highest BCUT2D eigenvalue weighted by atomic mass is 79.9. The average molecular weight is 297 g/mol. The number of carbonyl (C=O) groups is 2. The number of carbonyl (C=O) groups excluding carboxylic acids is 2. The summed E-state index contributed by atoms with van der Waals surface area (Å²) in [5.74, 6) is -0.430. The third-order valence-corrected chi connectivity index (χ3v) is 4.16. The van der Waals surface area contributed by atoms with E-state index in [2.05, 4.69) is 20.9 Å². The Morgan fingerprint density at radius 2 is 2.19 bits per heavy atom. The van der Waals surface area contributed by atoms with E-state index in [-0.39, 0.29) is 11.8 Å². The molecule has 16 heavy (non-hydrogen) atoms. The average Bonchev–Trinajstić information content (AvgIpc) is 2.88. The van der Waals surface area contributed by atoms with Crippen molar-refractivity contribution in [2.45, 2.75) is 0 Å². The fraction of sp³-hybridized carbons (Fsp3) is 0.100. The second kappa shape index (κ2) is 3.36. The van der Waals surface area contributed by atoms with Gasteiger partial charge in [0.15, 0.2) is 0 Å². The molecule has 2 aliphatic rings. The predicted octanol–water partition coefficient (Wildman–Crippen LogP) is 1.76. The van der Waals surface area contributed by atoms with Crippen LogP contribution >= 0.6 is 27.3 Å². The summed E-state index contributed by atoms with van der Waals surface area (Å²) in [4.78, 5) is 28.5. The molecule has 0 saturated heterocycles. The normalized spacial score (nSPS) is 18.9. The van der Waals surface area contributed by atoms with Crippen molar-refractivity contribution < 1.29 is 9.59 Å². The summed E-state index contributed by atoms with van der Waals surface area (Å²) in [5.41, 5.74) is 0.948. The third-order valence-electron chi connectivity index (χ3n) is 2.51. The van der Waals surface area contributed by atoms with Gasteiger partial charge >= 0.3 is 0 Å². The molecule has 0 fully saturated rings. The molecule has 0 bridgehead atoms. The molecular weight excluding hydrogens is 292 g/mol. The monoisotopic (exact) mass is 296 g/mol. The van der Waals surface area contributed by atoms with Crippen LogP contribution in [0.5, 0.6) is 0 Å². The van der Waals surface area contributed by atoms with Gasteiger partial charge in [-0.3, -0.25) is 14.5 Å². The van der Waals surface area contributed by atoms with Gasteiger partial charge in [-0.25, -0.2) is 4.99 Å². The molecule has 0 aromatic carbocycles. The molecule has 80 valence electrons. The van der Waals surface area contributed by atoms with E-state index < -0.39 is 0 Å². The van der Waals surface area contributed by atoms with E-state index in [0.29, 0.717) is 17.7 Å². The van der Waals surface area contributed by atoms with Gasteiger partial charge < -0.3 is 0 Å². The third kappa shape index (κ3) is 1.30. The number of halogens is 1. The molecule has 3 rings (SSSR count). The molecule has 3 heterocycles. The van der Waals surface area contributed by atoms with Gasteiger partial charge in [0, 0.05) is 6.21 Å². The van der Waals surface area contributed by atoms with Crippen LogP contribution in [0, 0.1) is 0 Å². The van der Waals surface area contributed by atoms with Gasteiger partial charge in [0.05, 0.1) is 26.5 Å². The Bertz CT molecular complexity index is 573. The number of thiophene rings is 1. The van der Waals surface area contributed by atoms with Crippen LogP contribution in [0.2, 0.25) is 0 Å². The predicted molar refractivity (Wildman–Crippen MR) is 64.9 cm³/mol. The summed E-state index contributed by atoms with van der Waals surface area (Å²) >= 11 is 4.81. The zero-order valence-corrected chi connectivity index (χ0v) is 10.3. The van der Waals surface area contributed by atoms with E-state index >= 15 is 0 Å². The van der Waals surface area contributed by atoms with Crippen molar-refractivity contribution >= 4 is 50.3 Å². The van der Waals surface area contributed by atoms with Crippen molar-refractivity contribution in [1.82, 2.24) is 0 Å². The first kappa shape index (κ1) is 9.92. The Hall–Kier alpha value is -1.27. The maximum atomic E-state index is 12.0. The lowest BCUT2D eigenvalue weighted by Gasteiger charge is -2.13. The molecular formula is C10H5BrN2O2S. The molecule has 0 unspecified atom stereocenters. The molecule has 0 N–H and O–H groups in total. The first-order chi connectivity index (χ1) is 7.66. The van der Waals surface area contributed by atoms with E-state index in [1.165, 1.54) is 17.6 Å². The van der Waals surface area contributed by atoms with E-state index in [1.54, 1.807) is 4.90 Å². The van der Waals surface area contributed by atoms with Gasteiger partial charge in [-0.15, -0.1) is 11.3 Å². The van der Waals surface area contributed by atoms with Gasteiger partial charge in [0.25, 0.3) is 11.8 Å². The Morgan fingerprint density at radius 1 is 1.38 bits per heavy atom. The second-order valence-corrected chi connectivity index (χ2v) is 5.87. The van der Waals surface area contributed by atoms with Crippen molar-refractivity contribution in [3.8, 4) is 0 Å². The van der Waals surface area contributed by atoms with Gasteiger partial charge in [0.2, 0.25) is 0 Å². The lowest BCUT2D eigenvalue weighted by atomic mass is 10.2. The summed E-state index contributed by atoms with van der Waals surface area (Å²) in [6, 6.07) is 3.74. The lowest BCUT2D eigenvalue weighted by molar-refractivity contribution is -0.114. The second-order valence-electron chi connectivity index (χ2n) is 3.42. The summed E-state index contributed by atoms with van der Waals surface area (Å²) in [6.45, 7) is 0.333. The molecule has 6 heteroatoms. The topological polar surface area (TPSA) is 49.7 Å². The maximum absolute atomic E-state index is 12.0. The van der Waals surface area contributed by atoms with Crippen LogP contribution in [0.3, 0.4) is 0 Å². The summed E-state index contributed by atoms with van der Waals surface area (Å²) in [6.07, 6.45) is 1.36. The minimum atomic E-state index is -0.290. The molecule has 2 amide bonds. The number of rotatable bonds is 1. The van der Waals surface area contributed by atoms with Gasteiger partial charge in [-0.1, -0.05) is 0 Å². The smallest absolute Gasteiger partial charge is 0.275 e. The first-order valence-corrected chi connectivity index (χ1v) is 6.16. The van der Waals surface area contributed by atoms with Crippen LogP contribution in [-0.2, 0) is 9.59 Å². The first-order valence-electron chi connectivity index (χ1n) is 4.55. The zero-order valence-electron chi connectivity index (χ0n) is 7.94. The van der Waals surface area contributed by atoms with Crippen LogP contribution < -0.4 is 4.90 Å². The molecule has 4 nitrogen and oxygen atoms in total. The minimum absolute atomic E-state index is 0.140. The number of amides is 2. The lowest BCUT2D eigenvalue weighted by Crippen LogP contribution is -2.27. The number of aliphatic imine (C=N–C) groups is 1. The van der Waals surface area contributed by atoms with Gasteiger partial charge in [0.1, 0.15) is 0 Å². The summed E-state index contributed by atoms with van der Waals surface area (Å²) in [5, 5.41) is 0.840. The van der Waals surface area contributed by atoms with Crippen molar-refractivity contribution in [1.29, 1.82) is 0 Å². The molecule has 0 saturated carbocycles. The largest absolute Gasteiger partial charge is 0.295 e. The highest BCUT2D eigenvalue weighted by molar-refractivity contribution is 9.11. The van der Waals surface area contributed by atoms with Crippen molar-refractivity contribution in [2.24, 2.45) is 4.99 Å². The quantitative estimate of drug-likeness (QED) is 0.793. The van der Waals surface area contributed by atoms with Crippen molar-refractivity contribution in [3.05, 3.63) is 27.1 Å². The molecule has 0 radical (unpaired) electrons. The molecule has 1 aromatic rings. The van der Waals surface area contributed by atoms with E-state index in [0.717, 1.165) is 8.79 Å². The fourth-order valence-electron chi connectivity index (χ4n) is 1.73. The van der Waals surface area contributed by atoms with Crippen LogP contribution in [0.15, 0.2) is 32.1 Å². The minimum Gasteiger partial charge on any atom is -0.295 e. The van der Waals surface area contributed by atoms with Crippen LogP contribution in [0.4, 0.5) is 5.00 Å². The van der Waals surface area contributed by atoms with E-state index in [9.17, 15) is 9.59 Å². The van der Waals surface area contributed by atoms with E-state index in [4.69, 9.17) is 0 Å². The Balaban J connectivity index is 1.97. The Morgan fingerprint density at radius 3 is 2.81 bits per heavy atom. The number of anilines is 1. The van der Waals surface area contributed by atoms with Crippen molar-refractivity contribution in [2.75, 3.05) is 11.4 Å². The molecule has 1 aromatic heterocycles. The maximum Gasteiger partial charge on any atom is 0.275 e. The van der Waals surface area contributed by atoms with Crippen LogP contribution in [0.1, 0.15) is 0 Å². The molecule has 0 spiro atoms. The summed E-state index contributed by atoms with van der Waals surface area (Å²) < 4.78 is 0.961. The van der Waals surface area contributed by atoms with E-state index in [1.807, 2.05) is 12.1 Å². The highest BCUT2D eigenvalue weighted by Gasteiger charge is 2.37. The number of hydrogen-bond acceptors (Lipinski definition) is 3. The SMILES string of the molecule is O=C1N=CC2=C1CN(c1ccc(Br)s1)C2=O. The molecule has 2 aliphatic heterocycles. The Kier molecular flexibility index (Phi) is 2.08. The molecule has 0 atom stereocenters. The zero-order chi connectivity index (χ0) is 11.3.